The van der Waals surface area contributed by atoms with E-state index in [9.17, 15) is 0 Å². The van der Waals surface area contributed by atoms with Crippen LogP contribution in [0.25, 0.3) is 0 Å². The number of rotatable bonds is 4. The van der Waals surface area contributed by atoms with E-state index >= 15 is 0 Å². The molecule has 17 heavy (non-hydrogen) atoms. The van der Waals surface area contributed by atoms with Crippen molar-refractivity contribution < 1.29 is 0 Å². The lowest BCUT2D eigenvalue weighted by Crippen LogP contribution is -2.51. The monoisotopic (exact) mass is 238 g/mol. The first-order valence-corrected chi connectivity index (χ1v) is 7.45. The van der Waals surface area contributed by atoms with Gasteiger partial charge in [-0.3, -0.25) is 4.90 Å². The Bertz CT molecular complexity index is 240. The summed E-state index contributed by atoms with van der Waals surface area (Å²) < 4.78 is 0. The molecule has 1 heterocycles. The molecule has 2 rings (SSSR count). The van der Waals surface area contributed by atoms with Crippen LogP contribution in [0.4, 0.5) is 0 Å². The summed E-state index contributed by atoms with van der Waals surface area (Å²) in [5.74, 6) is 0.918. The molecule has 0 aromatic heterocycles. The van der Waals surface area contributed by atoms with Gasteiger partial charge in [0, 0.05) is 31.7 Å². The van der Waals surface area contributed by atoms with E-state index in [1.807, 2.05) is 0 Å². The minimum absolute atomic E-state index is 0.406. The first kappa shape index (κ1) is 13.4. The van der Waals surface area contributed by atoms with Gasteiger partial charge in [-0.05, 0) is 30.6 Å². The van der Waals surface area contributed by atoms with Crippen molar-refractivity contribution in [3.63, 3.8) is 0 Å². The van der Waals surface area contributed by atoms with Crippen LogP contribution in [0.5, 0.6) is 0 Å². The average molecular weight is 238 g/mol. The zero-order valence-corrected chi connectivity index (χ0v) is 12.1. The van der Waals surface area contributed by atoms with Crippen molar-refractivity contribution in [3.05, 3.63) is 0 Å². The smallest absolute Gasteiger partial charge is 0.0198 e. The first-order valence-electron chi connectivity index (χ1n) is 7.45. The molecule has 1 aliphatic heterocycles. The lowest BCUT2D eigenvalue weighted by molar-refractivity contribution is 0.126. The molecule has 1 aliphatic carbocycles. The van der Waals surface area contributed by atoms with Crippen molar-refractivity contribution in [1.29, 1.82) is 0 Å². The molecule has 2 heteroatoms. The molecule has 1 N–H and O–H groups in total. The van der Waals surface area contributed by atoms with E-state index in [-0.39, 0.29) is 0 Å². The zero-order valence-electron chi connectivity index (χ0n) is 12.1. The van der Waals surface area contributed by atoms with Crippen molar-refractivity contribution in [2.75, 3.05) is 19.6 Å². The van der Waals surface area contributed by atoms with Gasteiger partial charge in [0.15, 0.2) is 0 Å². The molecular weight excluding hydrogens is 208 g/mol. The third-order valence-electron chi connectivity index (χ3n) is 4.13. The summed E-state index contributed by atoms with van der Waals surface area (Å²) in [6.45, 7) is 13.1. The minimum Gasteiger partial charge on any atom is -0.312 e. The molecule has 2 nitrogen and oxygen atoms in total. The van der Waals surface area contributed by atoms with Crippen LogP contribution in [0.3, 0.4) is 0 Å². The number of likely N-dealkylation sites (tertiary alicyclic amines) is 1. The maximum atomic E-state index is 3.80. The summed E-state index contributed by atoms with van der Waals surface area (Å²) in [6, 6.07) is 1.66. The third-order valence-corrected chi connectivity index (χ3v) is 4.13. The molecule has 0 radical (unpaired) electrons. The third kappa shape index (κ3) is 4.26. The molecule has 0 spiro atoms. The summed E-state index contributed by atoms with van der Waals surface area (Å²) in [5.41, 5.74) is 0.406. The van der Waals surface area contributed by atoms with Crippen LogP contribution in [0.2, 0.25) is 0 Å². The molecule has 100 valence electrons. The maximum Gasteiger partial charge on any atom is 0.0198 e. The fourth-order valence-electron chi connectivity index (χ4n) is 2.87. The lowest BCUT2D eigenvalue weighted by atomic mass is 9.90. The maximum absolute atomic E-state index is 3.80. The van der Waals surface area contributed by atoms with Crippen LogP contribution in [-0.4, -0.2) is 36.6 Å². The molecular formula is C15H30N2. The van der Waals surface area contributed by atoms with E-state index in [4.69, 9.17) is 0 Å². The van der Waals surface area contributed by atoms with Crippen LogP contribution in [0.15, 0.2) is 0 Å². The zero-order chi connectivity index (χ0) is 12.5. The van der Waals surface area contributed by atoms with Gasteiger partial charge in [0.05, 0.1) is 0 Å². The number of hydrogen-bond acceptors (Lipinski definition) is 2. The number of nitrogens with zero attached hydrogens (tertiary/aromatic N) is 1. The summed E-state index contributed by atoms with van der Waals surface area (Å²) in [4.78, 5) is 2.75. The average Bonchev–Trinajstić information content (AvgIpc) is 3.08. The van der Waals surface area contributed by atoms with Gasteiger partial charge < -0.3 is 5.32 Å². The highest BCUT2D eigenvalue weighted by atomic mass is 15.2. The first-order chi connectivity index (χ1) is 7.98. The van der Waals surface area contributed by atoms with Gasteiger partial charge in [0.2, 0.25) is 0 Å². The summed E-state index contributed by atoms with van der Waals surface area (Å²) in [5, 5.41) is 3.80. The predicted molar refractivity (Wildman–Crippen MR) is 74.2 cm³/mol. The van der Waals surface area contributed by atoms with E-state index in [1.54, 1.807) is 0 Å². The molecule has 0 amide bonds. The van der Waals surface area contributed by atoms with Crippen LogP contribution >= 0.6 is 0 Å². The predicted octanol–water partition coefficient (Wildman–Crippen LogP) is 2.89. The van der Waals surface area contributed by atoms with E-state index in [0.29, 0.717) is 5.41 Å². The number of hydrogen-bond donors (Lipinski definition) is 1. The van der Waals surface area contributed by atoms with Crippen LogP contribution in [0, 0.1) is 11.3 Å². The normalized spacial score (nSPS) is 31.8. The Morgan fingerprint density at radius 1 is 1.18 bits per heavy atom. The van der Waals surface area contributed by atoms with E-state index < -0.39 is 0 Å². The molecule has 2 aliphatic rings. The van der Waals surface area contributed by atoms with Crippen molar-refractivity contribution in [1.82, 2.24) is 10.2 Å². The van der Waals surface area contributed by atoms with Crippen molar-refractivity contribution in [2.24, 2.45) is 11.3 Å². The van der Waals surface area contributed by atoms with Gasteiger partial charge in [-0.15, -0.1) is 0 Å². The Labute approximate surface area is 107 Å². The molecule has 2 fully saturated rings. The van der Waals surface area contributed by atoms with Gasteiger partial charge in [-0.2, -0.15) is 0 Å². The Kier molecular flexibility index (Phi) is 4.14. The van der Waals surface area contributed by atoms with Gasteiger partial charge in [-0.1, -0.05) is 34.1 Å². The number of nitrogens with one attached hydrogen (secondary N) is 1. The van der Waals surface area contributed by atoms with E-state index in [2.05, 4.69) is 37.9 Å². The Morgan fingerprint density at radius 3 is 2.41 bits per heavy atom. The largest absolute Gasteiger partial charge is 0.312 e. The van der Waals surface area contributed by atoms with Crippen LogP contribution < -0.4 is 5.32 Å². The van der Waals surface area contributed by atoms with Crippen molar-refractivity contribution in [2.45, 2.75) is 65.5 Å². The van der Waals surface area contributed by atoms with Gasteiger partial charge in [-0.25, -0.2) is 0 Å². The fourth-order valence-corrected chi connectivity index (χ4v) is 2.87. The molecule has 2 atom stereocenters. The second-order valence-corrected chi connectivity index (χ2v) is 7.33. The molecule has 0 bridgehead atoms. The van der Waals surface area contributed by atoms with Crippen LogP contribution in [-0.2, 0) is 0 Å². The molecule has 1 saturated heterocycles. The summed E-state index contributed by atoms with van der Waals surface area (Å²) >= 11 is 0. The SMILES string of the molecule is CCC1CC(NCC(C)(C)C)CN(C2CC2)C1. The topological polar surface area (TPSA) is 15.3 Å². The Balaban J connectivity index is 1.83. The van der Waals surface area contributed by atoms with Crippen LogP contribution in [0.1, 0.15) is 53.4 Å². The summed E-state index contributed by atoms with van der Waals surface area (Å²) in [6.07, 6.45) is 5.62. The van der Waals surface area contributed by atoms with E-state index in [0.717, 1.165) is 24.5 Å². The molecule has 1 saturated carbocycles. The highest BCUT2D eigenvalue weighted by Gasteiger charge is 2.35. The minimum atomic E-state index is 0.406. The van der Waals surface area contributed by atoms with E-state index in [1.165, 1.54) is 38.8 Å². The second kappa shape index (κ2) is 5.27. The highest BCUT2D eigenvalue weighted by molar-refractivity contribution is 4.92. The second-order valence-electron chi connectivity index (χ2n) is 7.33. The lowest BCUT2D eigenvalue weighted by Gasteiger charge is -2.39. The van der Waals surface area contributed by atoms with Crippen molar-refractivity contribution >= 4 is 0 Å². The molecule has 0 aromatic carbocycles. The van der Waals surface area contributed by atoms with Gasteiger partial charge in [0.1, 0.15) is 0 Å². The van der Waals surface area contributed by atoms with Gasteiger partial charge >= 0.3 is 0 Å². The molecule has 2 unspecified atom stereocenters. The standard InChI is InChI=1S/C15H30N2/c1-5-12-8-13(16-11-15(2,3)4)10-17(9-12)14-6-7-14/h12-14,16H,5-11H2,1-4H3. The Hall–Kier alpha value is -0.0800. The fraction of sp³-hybridized carbons (Fsp3) is 1.00. The molecule has 0 aromatic rings. The quantitative estimate of drug-likeness (QED) is 0.810. The summed E-state index contributed by atoms with van der Waals surface area (Å²) in [7, 11) is 0. The Morgan fingerprint density at radius 2 is 1.88 bits per heavy atom. The number of piperidine rings is 1. The highest BCUT2D eigenvalue weighted by Crippen LogP contribution is 2.32. The van der Waals surface area contributed by atoms with Crippen molar-refractivity contribution in [3.8, 4) is 0 Å². The van der Waals surface area contributed by atoms with Gasteiger partial charge in [0.25, 0.3) is 0 Å².